The molecule has 0 saturated heterocycles. The van der Waals surface area contributed by atoms with E-state index in [1.165, 1.54) is 22.5 Å². The molecule has 0 amide bonds. The minimum Gasteiger partial charge on any atom is -0.464 e. The summed E-state index contributed by atoms with van der Waals surface area (Å²) in [5.41, 5.74) is 6.06. The van der Waals surface area contributed by atoms with Crippen molar-refractivity contribution < 1.29 is 4.42 Å². The maximum absolute atomic E-state index is 5.69. The first-order valence-corrected chi connectivity index (χ1v) is 8.16. The summed E-state index contributed by atoms with van der Waals surface area (Å²) >= 11 is 0. The summed E-state index contributed by atoms with van der Waals surface area (Å²) in [5, 5.41) is 0. The van der Waals surface area contributed by atoms with Crippen LogP contribution in [0.25, 0.3) is 22.6 Å². The highest BCUT2D eigenvalue weighted by atomic mass is 16.3. The number of rotatable bonds is 4. The van der Waals surface area contributed by atoms with Crippen molar-refractivity contribution in [3.63, 3.8) is 0 Å². The van der Waals surface area contributed by atoms with E-state index >= 15 is 0 Å². The summed E-state index contributed by atoms with van der Waals surface area (Å²) in [7, 11) is 0. The second-order valence-electron chi connectivity index (χ2n) is 5.96. The molecule has 118 valence electrons. The monoisotopic (exact) mass is 313 g/mol. The number of aromatic nitrogens is 1. The number of nitrogens with zero attached hydrogens (tertiary/aromatic N) is 1. The maximum Gasteiger partial charge on any atom is 0.136 e. The molecule has 0 radical (unpaired) electrons. The number of furan rings is 1. The molecule has 2 heteroatoms. The lowest BCUT2D eigenvalue weighted by Gasteiger charge is -2.13. The SMILES string of the molecule is Cc1cc(-c2ccco2)c(-c2ccccc2)n1Cc1ccccc1. The molecule has 2 nitrogen and oxygen atoms in total. The van der Waals surface area contributed by atoms with E-state index in [-0.39, 0.29) is 0 Å². The smallest absolute Gasteiger partial charge is 0.136 e. The van der Waals surface area contributed by atoms with Gasteiger partial charge in [-0.3, -0.25) is 0 Å². The molecule has 2 aromatic carbocycles. The molecule has 4 rings (SSSR count). The number of benzene rings is 2. The second kappa shape index (κ2) is 6.25. The van der Waals surface area contributed by atoms with Crippen molar-refractivity contribution in [3.05, 3.63) is 96.4 Å². The molecule has 0 spiro atoms. The lowest BCUT2D eigenvalue weighted by atomic mass is 10.1. The zero-order valence-corrected chi connectivity index (χ0v) is 13.6. The van der Waals surface area contributed by atoms with Gasteiger partial charge in [-0.2, -0.15) is 0 Å². The predicted molar refractivity (Wildman–Crippen MR) is 97.9 cm³/mol. The van der Waals surface area contributed by atoms with Crippen LogP contribution in [-0.4, -0.2) is 4.57 Å². The fraction of sp³-hybridized carbons (Fsp3) is 0.0909. The minimum absolute atomic E-state index is 0.845. The van der Waals surface area contributed by atoms with Crippen molar-refractivity contribution in [3.8, 4) is 22.6 Å². The minimum atomic E-state index is 0.845. The van der Waals surface area contributed by atoms with Crippen molar-refractivity contribution in [2.75, 3.05) is 0 Å². The van der Waals surface area contributed by atoms with Gasteiger partial charge in [-0.05, 0) is 36.2 Å². The third kappa shape index (κ3) is 2.67. The lowest BCUT2D eigenvalue weighted by molar-refractivity contribution is 0.582. The normalized spacial score (nSPS) is 10.9. The summed E-state index contributed by atoms with van der Waals surface area (Å²) in [5.74, 6) is 0.906. The van der Waals surface area contributed by atoms with Crippen LogP contribution >= 0.6 is 0 Å². The predicted octanol–water partition coefficient (Wildman–Crippen LogP) is 5.77. The molecule has 0 aliphatic rings. The van der Waals surface area contributed by atoms with Gasteiger partial charge in [0.1, 0.15) is 5.76 Å². The van der Waals surface area contributed by atoms with Gasteiger partial charge >= 0.3 is 0 Å². The molecule has 24 heavy (non-hydrogen) atoms. The standard InChI is InChI=1S/C22H19NO/c1-17-15-20(21-13-8-14-24-21)22(19-11-6-3-7-12-19)23(17)16-18-9-4-2-5-10-18/h2-15H,16H2,1H3. The Bertz CT molecular complexity index is 919. The van der Waals surface area contributed by atoms with E-state index in [1.54, 1.807) is 6.26 Å². The topological polar surface area (TPSA) is 18.1 Å². The van der Waals surface area contributed by atoms with Gasteiger partial charge in [0.05, 0.1) is 12.0 Å². The lowest BCUT2D eigenvalue weighted by Crippen LogP contribution is -2.03. The van der Waals surface area contributed by atoms with Gasteiger partial charge in [-0.1, -0.05) is 60.7 Å². The van der Waals surface area contributed by atoms with E-state index in [1.807, 2.05) is 18.2 Å². The van der Waals surface area contributed by atoms with Crippen LogP contribution in [0.2, 0.25) is 0 Å². The first kappa shape index (κ1) is 14.6. The molecule has 0 aliphatic carbocycles. The van der Waals surface area contributed by atoms with Crippen molar-refractivity contribution in [2.45, 2.75) is 13.5 Å². The second-order valence-corrected chi connectivity index (χ2v) is 5.96. The van der Waals surface area contributed by atoms with Gasteiger partial charge in [0.25, 0.3) is 0 Å². The Labute approximate surface area is 142 Å². The van der Waals surface area contributed by atoms with Gasteiger partial charge in [-0.25, -0.2) is 0 Å². The molecule has 0 saturated carbocycles. The van der Waals surface area contributed by atoms with Gasteiger partial charge in [0.15, 0.2) is 0 Å². The van der Waals surface area contributed by atoms with Crippen LogP contribution in [0.3, 0.4) is 0 Å². The van der Waals surface area contributed by atoms with Crippen LogP contribution in [-0.2, 0) is 6.54 Å². The molecule has 0 N–H and O–H groups in total. The molecular weight excluding hydrogens is 294 g/mol. The summed E-state index contributed by atoms with van der Waals surface area (Å²) in [6, 6.07) is 27.3. The average Bonchev–Trinajstić information content (AvgIpc) is 3.26. The van der Waals surface area contributed by atoms with Crippen LogP contribution < -0.4 is 0 Å². The third-order valence-corrected chi connectivity index (χ3v) is 4.32. The molecule has 0 fully saturated rings. The Kier molecular flexibility index (Phi) is 3.80. The van der Waals surface area contributed by atoms with Crippen molar-refractivity contribution in [1.82, 2.24) is 4.57 Å². The highest BCUT2D eigenvalue weighted by Crippen LogP contribution is 2.35. The van der Waals surface area contributed by atoms with Gasteiger partial charge in [0.2, 0.25) is 0 Å². The van der Waals surface area contributed by atoms with Crippen molar-refractivity contribution in [1.29, 1.82) is 0 Å². The Morgan fingerprint density at radius 3 is 2.21 bits per heavy atom. The summed E-state index contributed by atoms with van der Waals surface area (Å²) in [6.07, 6.45) is 1.73. The Morgan fingerprint density at radius 2 is 1.54 bits per heavy atom. The molecular formula is C22H19NO. The van der Waals surface area contributed by atoms with Gasteiger partial charge in [-0.15, -0.1) is 0 Å². The van der Waals surface area contributed by atoms with Crippen LogP contribution in [0.15, 0.2) is 89.5 Å². The van der Waals surface area contributed by atoms with E-state index in [0.717, 1.165) is 17.9 Å². The molecule has 0 bridgehead atoms. The Hall–Kier alpha value is -3.00. The fourth-order valence-corrected chi connectivity index (χ4v) is 3.17. The first-order chi connectivity index (χ1) is 11.8. The number of aryl methyl sites for hydroxylation is 1. The average molecular weight is 313 g/mol. The largest absolute Gasteiger partial charge is 0.464 e. The van der Waals surface area contributed by atoms with Crippen LogP contribution in [0.1, 0.15) is 11.3 Å². The van der Waals surface area contributed by atoms with E-state index in [4.69, 9.17) is 4.42 Å². The number of hydrogen-bond acceptors (Lipinski definition) is 1. The van der Waals surface area contributed by atoms with E-state index < -0.39 is 0 Å². The van der Waals surface area contributed by atoms with Crippen molar-refractivity contribution >= 4 is 0 Å². The molecule has 0 unspecified atom stereocenters. The van der Waals surface area contributed by atoms with Crippen LogP contribution in [0.4, 0.5) is 0 Å². The zero-order valence-electron chi connectivity index (χ0n) is 13.6. The third-order valence-electron chi connectivity index (χ3n) is 4.32. The van der Waals surface area contributed by atoms with E-state index in [9.17, 15) is 0 Å². The zero-order chi connectivity index (χ0) is 16.4. The van der Waals surface area contributed by atoms with E-state index in [2.05, 4.69) is 72.2 Å². The van der Waals surface area contributed by atoms with Crippen LogP contribution in [0.5, 0.6) is 0 Å². The highest BCUT2D eigenvalue weighted by molar-refractivity contribution is 5.80. The highest BCUT2D eigenvalue weighted by Gasteiger charge is 2.17. The Morgan fingerprint density at radius 1 is 0.833 bits per heavy atom. The molecule has 4 aromatic rings. The Balaban J connectivity index is 1.90. The van der Waals surface area contributed by atoms with Crippen LogP contribution in [0, 0.1) is 6.92 Å². The van der Waals surface area contributed by atoms with Crippen molar-refractivity contribution in [2.24, 2.45) is 0 Å². The fourth-order valence-electron chi connectivity index (χ4n) is 3.17. The first-order valence-electron chi connectivity index (χ1n) is 8.16. The molecule has 0 atom stereocenters. The summed E-state index contributed by atoms with van der Waals surface area (Å²) in [6.45, 7) is 3.00. The van der Waals surface area contributed by atoms with Gasteiger partial charge in [0, 0.05) is 17.8 Å². The van der Waals surface area contributed by atoms with E-state index in [0.29, 0.717) is 0 Å². The number of hydrogen-bond donors (Lipinski definition) is 0. The van der Waals surface area contributed by atoms with Gasteiger partial charge < -0.3 is 8.98 Å². The summed E-state index contributed by atoms with van der Waals surface area (Å²) in [4.78, 5) is 0. The maximum atomic E-state index is 5.69. The summed E-state index contributed by atoms with van der Waals surface area (Å²) < 4.78 is 8.05. The molecule has 0 aliphatic heterocycles. The quantitative estimate of drug-likeness (QED) is 0.467. The molecule has 2 heterocycles. The molecule has 2 aromatic heterocycles.